The second kappa shape index (κ2) is 6.79. The van der Waals surface area contributed by atoms with Gasteiger partial charge in [0.05, 0.1) is 17.9 Å². The number of fused-ring (bicyclic) bond motifs is 1. The van der Waals surface area contributed by atoms with Gasteiger partial charge in [-0.1, -0.05) is 24.3 Å². The number of nitrogens with one attached hydrogen (secondary N) is 1. The van der Waals surface area contributed by atoms with Crippen LogP contribution in [0.15, 0.2) is 42.5 Å². The summed E-state index contributed by atoms with van der Waals surface area (Å²) in [6, 6.07) is 10.6. The maximum atomic E-state index is 13.1. The Morgan fingerprint density at radius 1 is 1.19 bits per heavy atom. The molecule has 142 valence electrons. The first kappa shape index (κ1) is 17.7. The zero-order valence-corrected chi connectivity index (χ0v) is 14.6. The average Bonchev–Trinajstić information content (AvgIpc) is 3.30. The molecule has 0 aliphatic carbocycles. The molecule has 2 heterocycles. The van der Waals surface area contributed by atoms with Crippen LogP contribution in [0.1, 0.15) is 29.0 Å². The fraction of sp³-hybridized carbons (Fsp3) is 0.350. The molecule has 2 amide bonds. The van der Waals surface area contributed by atoms with E-state index in [1.807, 2.05) is 12.1 Å². The second-order valence-electron chi connectivity index (χ2n) is 6.87. The van der Waals surface area contributed by atoms with Gasteiger partial charge >= 0.3 is 12.2 Å². The van der Waals surface area contributed by atoms with Gasteiger partial charge in [0.2, 0.25) is 0 Å². The van der Waals surface area contributed by atoms with Crippen molar-refractivity contribution in [2.24, 2.45) is 0 Å². The molecule has 0 spiro atoms. The second-order valence-corrected chi connectivity index (χ2v) is 6.87. The van der Waals surface area contributed by atoms with E-state index in [9.17, 15) is 18.0 Å². The number of amides is 2. The molecule has 0 saturated carbocycles. The van der Waals surface area contributed by atoms with Gasteiger partial charge in [-0.3, -0.25) is 0 Å². The molecule has 0 bridgehead atoms. The Morgan fingerprint density at radius 3 is 2.81 bits per heavy atom. The molecule has 0 unspecified atom stereocenters. The predicted octanol–water partition coefficient (Wildman–Crippen LogP) is 4.66. The van der Waals surface area contributed by atoms with Crippen LogP contribution in [0.25, 0.3) is 0 Å². The van der Waals surface area contributed by atoms with Crippen molar-refractivity contribution >= 4 is 11.7 Å². The summed E-state index contributed by atoms with van der Waals surface area (Å²) in [4.78, 5) is 14.1. The number of likely N-dealkylation sites (tertiary alicyclic amines) is 1. The van der Waals surface area contributed by atoms with Crippen LogP contribution in [-0.2, 0) is 12.6 Å². The molecule has 2 aliphatic rings. The van der Waals surface area contributed by atoms with E-state index >= 15 is 0 Å². The van der Waals surface area contributed by atoms with Crippen LogP contribution in [-0.4, -0.2) is 30.6 Å². The van der Waals surface area contributed by atoms with Crippen molar-refractivity contribution in [2.45, 2.75) is 24.9 Å². The van der Waals surface area contributed by atoms with Crippen molar-refractivity contribution in [1.29, 1.82) is 0 Å². The third-order valence-electron chi connectivity index (χ3n) is 5.13. The number of halogens is 3. The molecule has 4 rings (SSSR count). The predicted molar refractivity (Wildman–Crippen MR) is 95.0 cm³/mol. The largest absolute Gasteiger partial charge is 0.493 e. The van der Waals surface area contributed by atoms with Gasteiger partial charge in [-0.2, -0.15) is 13.2 Å². The molecule has 27 heavy (non-hydrogen) atoms. The van der Waals surface area contributed by atoms with Gasteiger partial charge in [-0.25, -0.2) is 4.79 Å². The number of urea groups is 1. The molecular formula is C20H19F3N2O2. The number of alkyl halides is 3. The lowest BCUT2D eigenvalue weighted by atomic mass is 9.96. The molecule has 1 N–H and O–H groups in total. The Morgan fingerprint density at radius 2 is 2.00 bits per heavy atom. The Hall–Kier alpha value is -2.70. The van der Waals surface area contributed by atoms with E-state index in [1.165, 1.54) is 23.8 Å². The Labute approximate surface area is 154 Å². The van der Waals surface area contributed by atoms with Gasteiger partial charge in [0, 0.05) is 25.4 Å². The zero-order valence-electron chi connectivity index (χ0n) is 14.6. The van der Waals surface area contributed by atoms with Crippen molar-refractivity contribution in [3.63, 3.8) is 0 Å². The van der Waals surface area contributed by atoms with Crippen LogP contribution in [0.2, 0.25) is 0 Å². The number of carbonyl (C=O) groups excluding carboxylic acids is 1. The number of benzene rings is 2. The van der Waals surface area contributed by atoms with Gasteiger partial charge in [-0.05, 0) is 35.7 Å². The minimum Gasteiger partial charge on any atom is -0.493 e. The van der Waals surface area contributed by atoms with E-state index in [2.05, 4.69) is 11.4 Å². The fourth-order valence-corrected chi connectivity index (χ4v) is 3.71. The Bertz CT molecular complexity index is 867. The average molecular weight is 376 g/mol. The van der Waals surface area contributed by atoms with E-state index in [-0.39, 0.29) is 11.6 Å². The molecule has 2 aromatic carbocycles. The Kier molecular flexibility index (Phi) is 4.45. The highest BCUT2D eigenvalue weighted by molar-refractivity contribution is 5.90. The minimum absolute atomic E-state index is 0.180. The molecule has 1 fully saturated rings. The number of carbonyl (C=O) groups is 1. The van der Waals surface area contributed by atoms with Crippen molar-refractivity contribution in [2.75, 3.05) is 25.0 Å². The van der Waals surface area contributed by atoms with Crippen molar-refractivity contribution in [3.8, 4) is 5.75 Å². The van der Waals surface area contributed by atoms with Crippen LogP contribution in [0.4, 0.5) is 23.7 Å². The standard InChI is InChI=1S/C20H19F3N2O2/c21-20(22,23)16-3-1-2-4-17(16)24-19(26)25-9-7-15(12-25)13-5-6-18-14(11-13)8-10-27-18/h1-6,11,15H,7-10,12H2,(H,24,26)/t15-/m0/s1. The summed E-state index contributed by atoms with van der Waals surface area (Å²) in [7, 11) is 0. The summed E-state index contributed by atoms with van der Waals surface area (Å²) in [5.41, 5.74) is 1.26. The number of anilines is 1. The monoisotopic (exact) mass is 376 g/mol. The molecular weight excluding hydrogens is 357 g/mol. The highest BCUT2D eigenvalue weighted by atomic mass is 19.4. The van der Waals surface area contributed by atoms with Crippen LogP contribution in [0.3, 0.4) is 0 Å². The smallest absolute Gasteiger partial charge is 0.418 e. The fourth-order valence-electron chi connectivity index (χ4n) is 3.71. The summed E-state index contributed by atoms with van der Waals surface area (Å²) in [5.74, 6) is 1.09. The molecule has 7 heteroatoms. The van der Waals surface area contributed by atoms with Crippen LogP contribution in [0.5, 0.6) is 5.75 Å². The number of nitrogens with zero attached hydrogens (tertiary/aromatic N) is 1. The highest BCUT2D eigenvalue weighted by Gasteiger charge is 2.34. The number of hydrogen-bond acceptors (Lipinski definition) is 2. The molecule has 4 nitrogen and oxygen atoms in total. The van der Waals surface area contributed by atoms with E-state index in [1.54, 1.807) is 4.90 Å². The maximum Gasteiger partial charge on any atom is 0.418 e. The first-order valence-electron chi connectivity index (χ1n) is 8.89. The summed E-state index contributed by atoms with van der Waals surface area (Å²) in [6.07, 6.45) is -2.84. The first-order valence-corrected chi connectivity index (χ1v) is 8.89. The number of rotatable bonds is 2. The number of para-hydroxylation sites is 1. The van der Waals surface area contributed by atoms with E-state index < -0.39 is 17.8 Å². The number of hydrogen-bond donors (Lipinski definition) is 1. The van der Waals surface area contributed by atoms with Crippen LogP contribution in [0, 0.1) is 0 Å². The molecule has 0 radical (unpaired) electrons. The van der Waals surface area contributed by atoms with E-state index in [0.29, 0.717) is 19.7 Å². The van der Waals surface area contributed by atoms with Gasteiger partial charge in [0.25, 0.3) is 0 Å². The minimum atomic E-state index is -4.51. The normalized spacial score (nSPS) is 18.9. The molecule has 1 atom stereocenters. The summed E-state index contributed by atoms with van der Waals surface area (Å²) in [6.45, 7) is 1.69. The van der Waals surface area contributed by atoms with Gasteiger partial charge < -0.3 is 15.0 Å². The molecule has 2 aliphatic heterocycles. The maximum absolute atomic E-state index is 13.1. The number of ether oxygens (including phenoxy) is 1. The zero-order chi connectivity index (χ0) is 19.0. The topological polar surface area (TPSA) is 41.6 Å². The van der Waals surface area contributed by atoms with Crippen molar-refractivity contribution in [3.05, 3.63) is 59.2 Å². The van der Waals surface area contributed by atoms with E-state index in [4.69, 9.17) is 4.74 Å². The van der Waals surface area contributed by atoms with Crippen molar-refractivity contribution in [1.82, 2.24) is 4.90 Å². The van der Waals surface area contributed by atoms with Gasteiger partial charge in [-0.15, -0.1) is 0 Å². The molecule has 1 saturated heterocycles. The third-order valence-corrected chi connectivity index (χ3v) is 5.13. The lowest BCUT2D eigenvalue weighted by Gasteiger charge is -2.20. The lowest BCUT2D eigenvalue weighted by molar-refractivity contribution is -0.136. The molecule has 2 aromatic rings. The van der Waals surface area contributed by atoms with Crippen molar-refractivity contribution < 1.29 is 22.7 Å². The highest BCUT2D eigenvalue weighted by Crippen LogP contribution is 2.36. The SMILES string of the molecule is O=C(Nc1ccccc1C(F)(F)F)N1CC[C@H](c2ccc3c(c2)CCO3)C1. The summed E-state index contributed by atoms with van der Waals surface area (Å²) < 4.78 is 44.8. The quantitative estimate of drug-likeness (QED) is 0.828. The van der Waals surface area contributed by atoms with Crippen LogP contribution < -0.4 is 10.1 Å². The third kappa shape index (κ3) is 3.59. The van der Waals surface area contributed by atoms with Gasteiger partial charge in [0.15, 0.2) is 0 Å². The molecule has 0 aromatic heterocycles. The van der Waals surface area contributed by atoms with Gasteiger partial charge in [0.1, 0.15) is 5.75 Å². The lowest BCUT2D eigenvalue weighted by Crippen LogP contribution is -2.33. The Balaban J connectivity index is 1.44. The van der Waals surface area contributed by atoms with Crippen LogP contribution >= 0.6 is 0 Å². The summed E-state index contributed by atoms with van der Waals surface area (Å²) in [5, 5.41) is 2.42. The van der Waals surface area contributed by atoms with E-state index in [0.717, 1.165) is 30.2 Å². The first-order chi connectivity index (χ1) is 12.9. The summed E-state index contributed by atoms with van der Waals surface area (Å²) >= 11 is 0.